The fourth-order valence-corrected chi connectivity index (χ4v) is 1.83. The lowest BCUT2D eigenvalue weighted by molar-refractivity contribution is 0.128. The van der Waals surface area contributed by atoms with Crippen molar-refractivity contribution in [2.45, 2.75) is 18.9 Å². The van der Waals surface area contributed by atoms with E-state index in [1.54, 1.807) is 18.9 Å². The molecular formula is C7H14O2S. The normalized spacial score (nSPS) is 25.5. The number of ether oxygens (including phenoxy) is 2. The molecule has 0 N–H and O–H groups in total. The molecule has 0 radical (unpaired) electrons. The van der Waals surface area contributed by atoms with Crippen LogP contribution >= 0.6 is 11.8 Å². The summed E-state index contributed by atoms with van der Waals surface area (Å²) in [6.45, 7) is 0.957. The summed E-state index contributed by atoms with van der Waals surface area (Å²) in [5, 5.41) is 0. The van der Waals surface area contributed by atoms with Crippen molar-refractivity contribution >= 4 is 11.8 Å². The predicted octanol–water partition coefficient (Wildman–Crippen LogP) is 1.50. The molecule has 0 saturated carbocycles. The van der Waals surface area contributed by atoms with E-state index in [1.165, 1.54) is 12.8 Å². The lowest BCUT2D eigenvalue weighted by Crippen LogP contribution is -2.08. The van der Waals surface area contributed by atoms with E-state index in [0.717, 1.165) is 18.3 Å². The molecule has 1 unspecified atom stereocenters. The Morgan fingerprint density at radius 1 is 1.70 bits per heavy atom. The Morgan fingerprint density at radius 3 is 3.20 bits per heavy atom. The van der Waals surface area contributed by atoms with Crippen LogP contribution in [0.5, 0.6) is 0 Å². The van der Waals surface area contributed by atoms with Crippen LogP contribution in [0.1, 0.15) is 12.8 Å². The van der Waals surface area contributed by atoms with E-state index in [0.29, 0.717) is 6.10 Å². The standard InChI is InChI=1S/C7H14O2S/c1-8-6-10-5-7-3-2-4-9-7/h7H,2-6H2,1H3. The fraction of sp³-hybridized carbons (Fsp3) is 1.00. The minimum absolute atomic E-state index is 0.500. The minimum Gasteiger partial charge on any atom is -0.377 e. The van der Waals surface area contributed by atoms with Crippen molar-refractivity contribution in [2.75, 3.05) is 25.4 Å². The predicted molar refractivity (Wildman–Crippen MR) is 43.3 cm³/mol. The average Bonchev–Trinajstić information content (AvgIpc) is 2.41. The Labute approximate surface area is 66.3 Å². The molecule has 0 aromatic rings. The van der Waals surface area contributed by atoms with E-state index < -0.39 is 0 Å². The van der Waals surface area contributed by atoms with Gasteiger partial charge in [0.05, 0.1) is 12.0 Å². The van der Waals surface area contributed by atoms with Crippen molar-refractivity contribution < 1.29 is 9.47 Å². The van der Waals surface area contributed by atoms with Gasteiger partial charge in [-0.25, -0.2) is 0 Å². The number of rotatable bonds is 4. The van der Waals surface area contributed by atoms with Crippen molar-refractivity contribution in [2.24, 2.45) is 0 Å². The highest BCUT2D eigenvalue weighted by atomic mass is 32.2. The molecule has 3 heteroatoms. The number of hydrogen-bond acceptors (Lipinski definition) is 3. The molecule has 0 aromatic carbocycles. The van der Waals surface area contributed by atoms with Crippen molar-refractivity contribution in [1.29, 1.82) is 0 Å². The number of thioether (sulfide) groups is 1. The maximum atomic E-state index is 5.42. The van der Waals surface area contributed by atoms with Gasteiger partial charge < -0.3 is 9.47 Å². The highest BCUT2D eigenvalue weighted by Gasteiger charge is 2.14. The van der Waals surface area contributed by atoms with Crippen LogP contribution in [0.2, 0.25) is 0 Å². The van der Waals surface area contributed by atoms with Crippen LogP contribution in [-0.4, -0.2) is 31.5 Å². The molecule has 0 aliphatic carbocycles. The van der Waals surface area contributed by atoms with Gasteiger partial charge in [0.2, 0.25) is 0 Å². The van der Waals surface area contributed by atoms with E-state index in [1.807, 2.05) is 0 Å². The van der Waals surface area contributed by atoms with Gasteiger partial charge in [0, 0.05) is 19.5 Å². The molecule has 0 spiro atoms. The van der Waals surface area contributed by atoms with Gasteiger partial charge in [-0.05, 0) is 12.8 Å². The maximum Gasteiger partial charge on any atom is 0.0918 e. The molecule has 1 aliphatic heterocycles. The molecule has 1 rings (SSSR count). The number of methoxy groups -OCH3 is 1. The van der Waals surface area contributed by atoms with Gasteiger partial charge in [0.15, 0.2) is 0 Å². The van der Waals surface area contributed by atoms with Gasteiger partial charge in [-0.2, -0.15) is 0 Å². The molecule has 0 bridgehead atoms. The van der Waals surface area contributed by atoms with Crippen LogP contribution < -0.4 is 0 Å². The molecule has 1 saturated heterocycles. The number of hydrogen-bond donors (Lipinski definition) is 0. The largest absolute Gasteiger partial charge is 0.377 e. The summed E-state index contributed by atoms with van der Waals surface area (Å²) in [6.07, 6.45) is 2.97. The van der Waals surface area contributed by atoms with Gasteiger partial charge in [-0.1, -0.05) is 0 Å². The zero-order chi connectivity index (χ0) is 7.23. The van der Waals surface area contributed by atoms with E-state index in [-0.39, 0.29) is 0 Å². The zero-order valence-electron chi connectivity index (χ0n) is 6.34. The summed E-state index contributed by atoms with van der Waals surface area (Å²) < 4.78 is 10.3. The van der Waals surface area contributed by atoms with Crippen molar-refractivity contribution in [3.8, 4) is 0 Å². The first kappa shape index (κ1) is 8.37. The highest BCUT2D eigenvalue weighted by molar-refractivity contribution is 7.99. The lowest BCUT2D eigenvalue weighted by atomic mass is 10.3. The Balaban J connectivity index is 1.91. The monoisotopic (exact) mass is 162 g/mol. The van der Waals surface area contributed by atoms with Gasteiger partial charge in [-0.3, -0.25) is 0 Å². The third-order valence-electron chi connectivity index (χ3n) is 1.53. The molecule has 0 aromatic heterocycles. The molecule has 1 heterocycles. The van der Waals surface area contributed by atoms with E-state index in [9.17, 15) is 0 Å². The SMILES string of the molecule is COCSCC1CCCO1. The van der Waals surface area contributed by atoms with Gasteiger partial charge in [-0.15, -0.1) is 11.8 Å². The Kier molecular flexibility index (Phi) is 4.18. The van der Waals surface area contributed by atoms with E-state index in [2.05, 4.69) is 0 Å². The van der Waals surface area contributed by atoms with Crippen molar-refractivity contribution in [3.05, 3.63) is 0 Å². The molecule has 60 valence electrons. The topological polar surface area (TPSA) is 18.5 Å². The van der Waals surface area contributed by atoms with Crippen LogP contribution in [0.25, 0.3) is 0 Å². The Bertz CT molecular complexity index is 81.7. The van der Waals surface area contributed by atoms with Crippen molar-refractivity contribution in [1.82, 2.24) is 0 Å². The third kappa shape index (κ3) is 2.90. The van der Waals surface area contributed by atoms with Crippen LogP contribution in [0.4, 0.5) is 0 Å². The molecule has 1 atom stereocenters. The van der Waals surface area contributed by atoms with Gasteiger partial charge >= 0.3 is 0 Å². The van der Waals surface area contributed by atoms with Crippen LogP contribution in [0.3, 0.4) is 0 Å². The van der Waals surface area contributed by atoms with Gasteiger partial charge in [0.1, 0.15) is 0 Å². The maximum absolute atomic E-state index is 5.42. The van der Waals surface area contributed by atoms with Crippen LogP contribution in [0.15, 0.2) is 0 Å². The Morgan fingerprint density at radius 2 is 2.60 bits per heavy atom. The second-order valence-corrected chi connectivity index (χ2v) is 3.39. The second-order valence-electron chi connectivity index (χ2n) is 2.41. The average molecular weight is 162 g/mol. The summed E-state index contributed by atoms with van der Waals surface area (Å²) in [4.78, 5) is 0. The second kappa shape index (κ2) is 4.99. The molecule has 10 heavy (non-hydrogen) atoms. The molecular weight excluding hydrogens is 148 g/mol. The lowest BCUT2D eigenvalue weighted by Gasteiger charge is -2.06. The Hall–Kier alpha value is 0.270. The summed E-state index contributed by atoms with van der Waals surface area (Å²) in [5.74, 6) is 1.88. The molecule has 0 amide bonds. The fourth-order valence-electron chi connectivity index (χ4n) is 1.04. The van der Waals surface area contributed by atoms with Crippen LogP contribution in [-0.2, 0) is 9.47 Å². The molecule has 1 aliphatic rings. The van der Waals surface area contributed by atoms with E-state index >= 15 is 0 Å². The van der Waals surface area contributed by atoms with Crippen molar-refractivity contribution in [3.63, 3.8) is 0 Å². The summed E-state index contributed by atoms with van der Waals surface area (Å²) in [6, 6.07) is 0. The first-order valence-corrected chi connectivity index (χ1v) is 4.77. The smallest absolute Gasteiger partial charge is 0.0918 e. The molecule has 1 fully saturated rings. The summed E-state index contributed by atoms with van der Waals surface area (Å²) in [7, 11) is 1.72. The zero-order valence-corrected chi connectivity index (χ0v) is 7.15. The van der Waals surface area contributed by atoms with Gasteiger partial charge in [0.25, 0.3) is 0 Å². The molecule has 2 nitrogen and oxygen atoms in total. The summed E-state index contributed by atoms with van der Waals surface area (Å²) >= 11 is 1.80. The quantitative estimate of drug-likeness (QED) is 0.461. The third-order valence-corrected chi connectivity index (χ3v) is 2.54. The first-order valence-electron chi connectivity index (χ1n) is 3.62. The van der Waals surface area contributed by atoms with E-state index in [4.69, 9.17) is 9.47 Å². The highest BCUT2D eigenvalue weighted by Crippen LogP contribution is 2.16. The summed E-state index contributed by atoms with van der Waals surface area (Å²) in [5.41, 5.74) is 0. The van der Waals surface area contributed by atoms with Crippen LogP contribution in [0, 0.1) is 0 Å². The first-order chi connectivity index (χ1) is 4.93. The minimum atomic E-state index is 0.500.